The molecule has 10 aromatic carbocycles. The third-order valence-corrected chi connectivity index (χ3v) is 25.7. The maximum absolute atomic E-state index is 7.87. The van der Waals surface area contributed by atoms with Crippen molar-refractivity contribution in [2.75, 3.05) is 19.6 Å². The van der Waals surface area contributed by atoms with Gasteiger partial charge in [0.15, 0.2) is 6.71 Å². The van der Waals surface area contributed by atoms with Crippen LogP contribution in [0.3, 0.4) is 0 Å². The topological polar surface area (TPSA) is 22.2 Å². The van der Waals surface area contributed by atoms with E-state index < -0.39 is 0 Å². The van der Waals surface area contributed by atoms with Gasteiger partial charge in [0.25, 0.3) is 0 Å². The van der Waals surface area contributed by atoms with Crippen molar-refractivity contribution < 1.29 is 4.74 Å². The van der Waals surface area contributed by atoms with Gasteiger partial charge >= 0.3 is 0 Å². The first-order valence-electron chi connectivity index (χ1n) is 36.7. The predicted molar refractivity (Wildman–Crippen MR) is 414 cm³/mol. The van der Waals surface area contributed by atoms with Crippen molar-refractivity contribution >= 4 is 70.2 Å². The van der Waals surface area contributed by atoms with Crippen LogP contribution in [0.5, 0.6) is 5.75 Å². The summed E-state index contributed by atoms with van der Waals surface area (Å²) < 4.78 is 7.87. The Morgan fingerprint density at radius 3 is 1.76 bits per heavy atom. The van der Waals surface area contributed by atoms with E-state index in [1.165, 1.54) is 127 Å². The quantitative estimate of drug-likeness (QED) is 0.0892. The molecule has 0 amide bonds. The fourth-order valence-corrected chi connectivity index (χ4v) is 22.0. The van der Waals surface area contributed by atoms with Crippen LogP contribution in [-0.4, -0.2) is 54.2 Å². The van der Waals surface area contributed by atoms with Crippen LogP contribution in [-0.2, 0) is 0 Å². The molecule has 10 unspecified atom stereocenters. The summed E-state index contributed by atoms with van der Waals surface area (Å²) in [4.78, 5) is 11.3. The van der Waals surface area contributed by atoms with Gasteiger partial charge in [-0.25, -0.2) is 0 Å². The molecule has 4 fully saturated rings. The second kappa shape index (κ2) is 25.5. The molecular formula is C90H82B2N4OS. The van der Waals surface area contributed by atoms with Crippen molar-refractivity contribution in [3.8, 4) is 39.1 Å². The lowest BCUT2D eigenvalue weighted by Gasteiger charge is -2.61. The van der Waals surface area contributed by atoms with E-state index in [2.05, 4.69) is 329 Å². The highest BCUT2D eigenvalue weighted by atomic mass is 32.2. The summed E-state index contributed by atoms with van der Waals surface area (Å²) in [6.07, 6.45) is 24.2. The summed E-state index contributed by atoms with van der Waals surface area (Å²) in [7, 11) is 0. The van der Waals surface area contributed by atoms with Crippen molar-refractivity contribution in [2.24, 2.45) is 5.92 Å². The first-order chi connectivity index (χ1) is 48.6. The van der Waals surface area contributed by atoms with Gasteiger partial charge in [0.05, 0.1) is 17.8 Å². The van der Waals surface area contributed by atoms with Crippen LogP contribution < -0.4 is 35.3 Å². The molecular weight excluding hydrogens is 1210 g/mol. The molecule has 480 valence electrons. The van der Waals surface area contributed by atoms with E-state index in [-0.39, 0.29) is 54.5 Å². The second-order valence-electron chi connectivity index (χ2n) is 29.2. The van der Waals surface area contributed by atoms with Crippen LogP contribution in [0.25, 0.3) is 33.4 Å². The number of allylic oxidation sites excluding steroid dienone is 4. The number of para-hydroxylation sites is 6. The van der Waals surface area contributed by atoms with Crippen LogP contribution in [0.1, 0.15) is 70.6 Å². The van der Waals surface area contributed by atoms with Crippen LogP contribution in [0.4, 0.5) is 34.1 Å². The van der Waals surface area contributed by atoms with Crippen molar-refractivity contribution in [3.63, 3.8) is 0 Å². The molecule has 2 saturated heterocycles. The standard InChI is InChI=1S/C90H82B2N4OS/c1-8-28-61(29-9-1)63-50-52-70(53-51-63)94(71-43-26-36-66(54-71)62-30-10-2-11-31-62)72-55-82-88-85(57-72)97-84-49-25-23-47-77(84)92(88)78-59-79-86(60-81(78)96(82)90-74(64-32-12-3-13-33-64)44-27-45-75(90)65-34-14-4-15-35-65)98-87-58-73(93(67-37-16-5-17-38-67)68-39-18-6-19-40-68)56-83-89(87)91(79)76-46-22-24-48-80(76)95(83)69-41-20-7-21-42-69/h1,3-9,12-25,27-29,32-42,44-53,56,59-60,62,71-72,79,82-83,85-89H,2,10-11,26,30-31,43,54-55,57-58H2. The molecule has 2 saturated carbocycles. The van der Waals surface area contributed by atoms with Gasteiger partial charge in [-0.1, -0.05) is 260 Å². The third-order valence-electron chi connectivity index (χ3n) is 24.1. The number of hydrogen-bond donors (Lipinski definition) is 0. The van der Waals surface area contributed by atoms with Crippen LogP contribution >= 0.6 is 11.8 Å². The summed E-state index contributed by atoms with van der Waals surface area (Å²) >= 11 is 2.28. The Balaban J connectivity index is 0.821. The molecule has 98 heavy (non-hydrogen) atoms. The number of ether oxygens (including phenoxy) is 1. The molecule has 4 aliphatic heterocycles. The highest BCUT2D eigenvalue weighted by molar-refractivity contribution is 8.01. The normalized spacial score (nSPS) is 25.1. The number of hydrogen-bond acceptors (Lipinski definition) is 6. The average molecular weight is 1290 g/mol. The van der Waals surface area contributed by atoms with Crippen molar-refractivity contribution in [1.29, 1.82) is 0 Å². The van der Waals surface area contributed by atoms with Crippen molar-refractivity contribution in [2.45, 2.75) is 129 Å². The maximum Gasteiger partial charge on any atom is 0.225 e. The Kier molecular flexibility index (Phi) is 15.6. The second-order valence-corrected chi connectivity index (χ2v) is 30.7. The number of anilines is 6. The summed E-state index contributed by atoms with van der Waals surface area (Å²) in [6, 6.07) is 104. The first kappa shape index (κ1) is 59.9. The van der Waals surface area contributed by atoms with Gasteiger partial charge in [0.1, 0.15) is 5.75 Å². The van der Waals surface area contributed by atoms with Crippen molar-refractivity contribution in [1.82, 2.24) is 0 Å². The average Bonchev–Trinajstić information content (AvgIpc) is 0.692. The molecule has 0 N–H and O–H groups in total. The summed E-state index contributed by atoms with van der Waals surface area (Å²) in [6.45, 7) is 0.380. The number of benzene rings is 10. The molecule has 0 spiro atoms. The van der Waals surface area contributed by atoms with Crippen LogP contribution in [0, 0.1) is 5.92 Å². The van der Waals surface area contributed by atoms with E-state index in [1.54, 1.807) is 5.57 Å². The minimum absolute atomic E-state index is 0.0446. The highest BCUT2D eigenvalue weighted by Gasteiger charge is 2.62. The number of rotatable bonds is 12. The third kappa shape index (κ3) is 10.4. The molecule has 9 aliphatic rings. The molecule has 10 atom stereocenters. The monoisotopic (exact) mass is 1290 g/mol. The summed E-state index contributed by atoms with van der Waals surface area (Å²) in [5, 5.41) is 0.476. The summed E-state index contributed by atoms with van der Waals surface area (Å²) in [5.74, 6) is 2.47. The number of thioether (sulfide) groups is 1. The molecule has 0 radical (unpaired) electrons. The molecule has 0 bridgehead atoms. The predicted octanol–water partition coefficient (Wildman–Crippen LogP) is 20.8. The fourth-order valence-electron chi connectivity index (χ4n) is 20.1. The molecule has 4 heterocycles. The highest BCUT2D eigenvalue weighted by Crippen LogP contribution is 2.63. The van der Waals surface area contributed by atoms with E-state index in [0.717, 1.165) is 44.3 Å². The van der Waals surface area contributed by atoms with Crippen LogP contribution in [0.15, 0.2) is 320 Å². The van der Waals surface area contributed by atoms with Gasteiger partial charge in [-0.05, 0) is 163 Å². The summed E-state index contributed by atoms with van der Waals surface area (Å²) in [5.41, 5.74) is 24.0. The van der Waals surface area contributed by atoms with Crippen LogP contribution in [0.2, 0.25) is 17.5 Å². The Bertz CT molecular complexity index is 4580. The zero-order valence-electron chi connectivity index (χ0n) is 55.7. The van der Waals surface area contributed by atoms with Gasteiger partial charge < -0.3 is 24.3 Å². The van der Waals surface area contributed by atoms with Gasteiger partial charge in [0, 0.05) is 91.8 Å². The van der Waals surface area contributed by atoms with Gasteiger partial charge in [-0.15, -0.1) is 0 Å². The Hall–Kier alpha value is -9.36. The Labute approximate surface area is 584 Å². The zero-order valence-corrected chi connectivity index (χ0v) is 56.5. The number of nitrogens with zero attached hydrogens (tertiary/aromatic N) is 4. The van der Waals surface area contributed by atoms with E-state index in [9.17, 15) is 0 Å². The minimum Gasteiger partial charge on any atom is -0.491 e. The van der Waals surface area contributed by atoms with E-state index >= 15 is 0 Å². The number of fused-ring (bicyclic) bond motifs is 8. The first-order valence-corrected chi connectivity index (χ1v) is 37.6. The van der Waals surface area contributed by atoms with Gasteiger partial charge in [-0.2, -0.15) is 11.8 Å². The van der Waals surface area contributed by atoms with E-state index in [1.807, 2.05) is 0 Å². The lowest BCUT2D eigenvalue weighted by atomic mass is 9.23. The lowest BCUT2D eigenvalue weighted by Crippen LogP contribution is -2.67. The van der Waals surface area contributed by atoms with Gasteiger partial charge in [-0.3, -0.25) is 0 Å². The molecule has 8 heteroatoms. The zero-order chi connectivity index (χ0) is 64.6. The largest absolute Gasteiger partial charge is 0.491 e. The van der Waals surface area contributed by atoms with E-state index in [4.69, 9.17) is 4.74 Å². The fraction of sp³-hybridized carbons (Fsp3) is 0.244. The molecule has 5 nitrogen and oxygen atoms in total. The van der Waals surface area contributed by atoms with E-state index in [0.29, 0.717) is 23.0 Å². The SMILES string of the molecule is C1=C2B3c4ccccc4OC4CC(N(c5ccc(-c6ccccc6)cc5)C5CCC=C(C6CCCCC6)C5)CC(C34)N(c3c(-c4ccccc4)cccc3-c3ccccc3)C2=CC2SC3CC(N(c4ccccc4)c4ccccc4)=CC4C3B(c3ccccc3N4c3ccccc3)C12. The molecule has 5 aliphatic carbocycles. The Morgan fingerprint density at radius 2 is 1.07 bits per heavy atom. The smallest absolute Gasteiger partial charge is 0.225 e. The molecule has 19 rings (SSSR count). The maximum atomic E-state index is 7.87. The minimum atomic E-state index is -0.0446. The lowest BCUT2D eigenvalue weighted by molar-refractivity contribution is 0.121. The van der Waals surface area contributed by atoms with Crippen molar-refractivity contribution in [3.05, 3.63) is 320 Å². The molecule has 0 aromatic heterocycles. The van der Waals surface area contributed by atoms with Gasteiger partial charge in [0.2, 0.25) is 6.71 Å². The molecule has 10 aromatic rings. The Morgan fingerprint density at radius 1 is 0.469 bits per heavy atom.